The molecule has 3 rings (SSSR count). The highest BCUT2D eigenvalue weighted by Crippen LogP contribution is 2.24. The molecule has 4 N–H and O–H groups in total. The van der Waals surface area contributed by atoms with E-state index in [2.05, 4.69) is 60.7 Å². The quantitative estimate of drug-likeness (QED) is 0.141. The summed E-state index contributed by atoms with van der Waals surface area (Å²) in [6.07, 6.45) is 5.93. The monoisotopic (exact) mass is 598 g/mol. The number of hydrogen-bond acceptors (Lipinski definition) is 8. The Morgan fingerprint density at radius 3 is 2.23 bits per heavy atom. The third-order valence-corrected chi connectivity index (χ3v) is 6.64. The van der Waals surface area contributed by atoms with Crippen molar-refractivity contribution in [2.75, 3.05) is 20.2 Å². The molecule has 0 saturated heterocycles. The summed E-state index contributed by atoms with van der Waals surface area (Å²) in [5, 5.41) is 14.3. The fourth-order valence-corrected chi connectivity index (χ4v) is 3.77. The van der Waals surface area contributed by atoms with E-state index in [1.807, 2.05) is 40.8 Å². The lowest BCUT2D eigenvalue weighted by atomic mass is 10.0. The number of carbonyl (C=O) groups excluding carboxylic acids is 2. The van der Waals surface area contributed by atoms with Crippen LogP contribution in [0.5, 0.6) is 0 Å². The zero-order chi connectivity index (χ0) is 32.1. The largest absolute Gasteiger partial charge is 0.443 e. The van der Waals surface area contributed by atoms with Crippen molar-refractivity contribution in [3.8, 4) is 0 Å². The van der Waals surface area contributed by atoms with Crippen LogP contribution in [0.2, 0.25) is 0 Å². The normalized spacial score (nSPS) is 12.7. The van der Waals surface area contributed by atoms with Crippen molar-refractivity contribution in [1.29, 1.82) is 0 Å². The van der Waals surface area contributed by atoms with Gasteiger partial charge in [0.05, 0.1) is 18.9 Å². The van der Waals surface area contributed by atoms with E-state index in [9.17, 15) is 9.59 Å². The molecule has 3 aromatic rings. The van der Waals surface area contributed by atoms with Gasteiger partial charge in [-0.05, 0) is 51.4 Å². The molecule has 0 saturated carbocycles. The van der Waals surface area contributed by atoms with Crippen LogP contribution in [0.1, 0.15) is 103 Å². The van der Waals surface area contributed by atoms with Crippen molar-refractivity contribution in [2.24, 2.45) is 5.73 Å². The lowest BCUT2D eigenvalue weighted by Crippen LogP contribution is -2.54. The molecule has 1 amide bonds. The summed E-state index contributed by atoms with van der Waals surface area (Å²) in [4.78, 5) is 22.5. The van der Waals surface area contributed by atoms with E-state index < -0.39 is 11.8 Å². The average Bonchev–Trinajstić information content (AvgIpc) is 3.44. The number of unbranched alkanes of at least 4 members (excludes halogenated alkanes) is 2. The maximum atomic E-state index is 12.0. The molecule has 0 fully saturated rings. The fraction of sp³-hybridized carbons (Fsp3) is 0.576. The number of nitrogens with one attached hydrogen (secondary N) is 2. The minimum absolute atomic E-state index is 0.0556. The Labute approximate surface area is 258 Å². The van der Waals surface area contributed by atoms with E-state index in [1.54, 1.807) is 14.0 Å². The van der Waals surface area contributed by atoms with Crippen molar-refractivity contribution in [3.05, 3.63) is 65.6 Å². The van der Waals surface area contributed by atoms with Gasteiger partial charge >= 0.3 is 6.09 Å². The van der Waals surface area contributed by atoms with E-state index in [1.165, 1.54) is 13.3 Å². The van der Waals surface area contributed by atoms with Gasteiger partial charge in [0.25, 0.3) is 0 Å². The molecule has 1 aromatic carbocycles. The Morgan fingerprint density at radius 1 is 0.977 bits per heavy atom. The summed E-state index contributed by atoms with van der Waals surface area (Å²) in [6.45, 7) is 13.5. The van der Waals surface area contributed by atoms with E-state index in [-0.39, 0.29) is 18.3 Å². The van der Waals surface area contributed by atoms with E-state index in [4.69, 9.17) is 15.2 Å². The number of fused-ring (bicyclic) bond motifs is 1. The first-order chi connectivity index (χ1) is 20.6. The molecule has 0 aliphatic rings. The average molecular weight is 599 g/mol. The number of likely N-dealkylation sites (N-methyl/N-ethyl adjacent to an activating group) is 1. The molecule has 0 aliphatic carbocycles. The number of Topliss-reactive ketones (excluding diaryl/α,β-unsaturated/α-hetero) is 1. The van der Waals surface area contributed by atoms with Crippen molar-refractivity contribution in [1.82, 2.24) is 25.2 Å². The van der Waals surface area contributed by atoms with Crippen LogP contribution in [0, 0.1) is 0 Å². The van der Waals surface area contributed by atoms with E-state index in [0.29, 0.717) is 19.8 Å². The van der Waals surface area contributed by atoms with Crippen LogP contribution in [0.3, 0.4) is 0 Å². The van der Waals surface area contributed by atoms with Crippen LogP contribution < -0.4 is 16.4 Å². The Bertz CT molecular complexity index is 1180. The van der Waals surface area contributed by atoms with Gasteiger partial charge in [-0.25, -0.2) is 4.79 Å². The fourth-order valence-electron chi connectivity index (χ4n) is 3.77. The highest BCUT2D eigenvalue weighted by atomic mass is 16.5. The molecule has 43 heavy (non-hydrogen) atoms. The van der Waals surface area contributed by atoms with Crippen LogP contribution in [0.15, 0.2) is 48.5 Å². The van der Waals surface area contributed by atoms with Crippen molar-refractivity contribution < 1.29 is 19.1 Å². The zero-order valence-corrected chi connectivity index (χ0v) is 27.3. The molecule has 2 unspecified atom stereocenters. The second-order valence-electron chi connectivity index (χ2n) is 10.7. The molecule has 0 radical (unpaired) electrons. The first kappa shape index (κ1) is 37.7. The van der Waals surface area contributed by atoms with Crippen molar-refractivity contribution in [2.45, 2.75) is 105 Å². The number of ether oxygens (including phenoxy) is 2. The van der Waals surface area contributed by atoms with E-state index in [0.717, 1.165) is 54.8 Å². The summed E-state index contributed by atoms with van der Waals surface area (Å²) in [5.74, 6) is 0.903. The first-order valence-corrected chi connectivity index (χ1v) is 15.5. The molecule has 2 atom stereocenters. The molecule has 2 heterocycles. The Kier molecular flexibility index (Phi) is 18.7. The van der Waals surface area contributed by atoms with Gasteiger partial charge in [-0.1, -0.05) is 89.8 Å². The Morgan fingerprint density at radius 2 is 1.65 bits per heavy atom. The minimum Gasteiger partial charge on any atom is -0.443 e. The third-order valence-electron chi connectivity index (χ3n) is 6.64. The summed E-state index contributed by atoms with van der Waals surface area (Å²) in [6, 6.07) is 15.9. The van der Waals surface area contributed by atoms with Crippen LogP contribution >= 0.6 is 0 Å². The molecule has 0 bridgehead atoms. The van der Waals surface area contributed by atoms with Gasteiger partial charge in [-0.2, -0.15) is 0 Å². The molecule has 0 aliphatic heterocycles. The summed E-state index contributed by atoms with van der Waals surface area (Å²) in [5.41, 5.74) is 7.29. The number of alkyl carbamates (subject to hydrolysis) is 1. The van der Waals surface area contributed by atoms with Crippen LogP contribution in [-0.2, 0) is 27.5 Å². The molecular weight excluding hydrogens is 544 g/mol. The van der Waals surface area contributed by atoms with Gasteiger partial charge in [0, 0.05) is 12.5 Å². The van der Waals surface area contributed by atoms with E-state index >= 15 is 0 Å². The number of aromatic nitrogens is 3. The third kappa shape index (κ3) is 14.1. The molecule has 2 aromatic heterocycles. The number of pyridine rings is 1. The smallest absolute Gasteiger partial charge is 0.407 e. The number of nitrogens with zero attached hydrogens (tertiary/aromatic N) is 3. The van der Waals surface area contributed by atoms with Gasteiger partial charge in [0.15, 0.2) is 11.4 Å². The van der Waals surface area contributed by atoms with Crippen molar-refractivity contribution in [3.63, 3.8) is 0 Å². The molecule has 10 nitrogen and oxygen atoms in total. The number of benzene rings is 1. The lowest BCUT2D eigenvalue weighted by molar-refractivity contribution is -0.122. The second kappa shape index (κ2) is 21.4. The lowest BCUT2D eigenvalue weighted by Gasteiger charge is -2.19. The number of ketones is 1. The maximum absolute atomic E-state index is 12.0. The molecular formula is C33H54N6O4. The second-order valence-corrected chi connectivity index (χ2v) is 10.7. The molecule has 0 spiro atoms. The predicted molar refractivity (Wildman–Crippen MR) is 173 cm³/mol. The Balaban J connectivity index is 0.000000718. The zero-order valence-electron chi connectivity index (χ0n) is 27.3. The van der Waals surface area contributed by atoms with Crippen LogP contribution in [-0.4, -0.2) is 52.3 Å². The summed E-state index contributed by atoms with van der Waals surface area (Å²) >= 11 is 0. The van der Waals surface area contributed by atoms with Gasteiger partial charge in [0.1, 0.15) is 18.1 Å². The topological polar surface area (TPSA) is 133 Å². The van der Waals surface area contributed by atoms with Crippen LogP contribution in [0.25, 0.3) is 5.65 Å². The number of rotatable bonds is 15. The summed E-state index contributed by atoms with van der Waals surface area (Å²) in [7, 11) is 1.65. The maximum Gasteiger partial charge on any atom is 0.407 e. The number of hydrogen-bond donors (Lipinski definition) is 3. The number of amides is 1. The standard InChI is InChI=1S/C25H34N4O3.C5H12N2O.C3H8/c1-3-5-13-21(18-31-17-20-11-8-7-9-12-20)24-28-27-23-15-10-14-22(29(23)24)19-32-25(30)26-16-6-4-2;1-4(8)5(2,6)7-3;1-3-2/h7-12,14-15,21H,3-6,13,16-19H2,1-2H3,(H,26,30);7H,6H2,1-3H3;3H2,1-2H3. The van der Waals surface area contributed by atoms with Gasteiger partial charge in [-0.3, -0.25) is 14.5 Å². The van der Waals surface area contributed by atoms with Crippen LogP contribution in [0.4, 0.5) is 4.79 Å². The number of nitrogens with two attached hydrogens (primary N) is 1. The van der Waals surface area contributed by atoms with Gasteiger partial charge in [0.2, 0.25) is 0 Å². The van der Waals surface area contributed by atoms with Gasteiger partial charge in [-0.15, -0.1) is 10.2 Å². The van der Waals surface area contributed by atoms with Gasteiger partial charge < -0.3 is 20.5 Å². The molecule has 10 heteroatoms. The summed E-state index contributed by atoms with van der Waals surface area (Å²) < 4.78 is 13.5. The minimum atomic E-state index is -0.847. The predicted octanol–water partition coefficient (Wildman–Crippen LogP) is 6.13. The van der Waals surface area contributed by atoms with Crippen molar-refractivity contribution >= 4 is 17.5 Å². The highest BCUT2D eigenvalue weighted by Gasteiger charge is 2.21. The Hall–Kier alpha value is -3.34. The molecule has 240 valence electrons. The first-order valence-electron chi connectivity index (χ1n) is 15.5. The number of carbonyl (C=O) groups is 2. The SMILES string of the molecule is CCC.CCCCNC(=O)OCc1cccc2nnc(C(CCCC)COCc3ccccc3)n12.CNC(C)(N)C(C)=O. The highest BCUT2D eigenvalue weighted by molar-refractivity contribution is 5.84.